The van der Waals surface area contributed by atoms with Crippen molar-refractivity contribution in [3.8, 4) is 11.3 Å². The fourth-order valence-corrected chi connectivity index (χ4v) is 3.85. The summed E-state index contributed by atoms with van der Waals surface area (Å²) in [5.74, 6) is -0.0306. The highest BCUT2D eigenvalue weighted by molar-refractivity contribution is 7.15. The molecule has 0 aliphatic rings. The topological polar surface area (TPSA) is 33.2 Å². The Hall–Kier alpha value is -2.24. The minimum Gasteiger partial charge on any atom is -0.279 e. The zero-order valence-corrected chi connectivity index (χ0v) is 14.4. The molecule has 0 radical (unpaired) electrons. The SMILES string of the molecule is C=CCN(C(=O)c1ccc(C)s1)c1nc(-c2ccccc2)cs1. The van der Waals surface area contributed by atoms with Gasteiger partial charge in [-0.3, -0.25) is 9.69 Å². The maximum atomic E-state index is 12.7. The maximum Gasteiger partial charge on any atom is 0.270 e. The van der Waals surface area contributed by atoms with Crippen LogP contribution < -0.4 is 4.90 Å². The highest BCUT2D eigenvalue weighted by Gasteiger charge is 2.21. The minimum atomic E-state index is -0.0306. The van der Waals surface area contributed by atoms with Gasteiger partial charge in [0.15, 0.2) is 5.13 Å². The molecular formula is C18H16N2OS2. The standard InChI is InChI=1S/C18H16N2OS2/c1-3-11-20(17(21)16-10-9-13(2)23-16)18-19-15(12-22-18)14-7-5-4-6-8-14/h3-10,12H,1,11H2,2H3. The van der Waals surface area contributed by atoms with Gasteiger partial charge in [-0.05, 0) is 19.1 Å². The molecule has 0 atom stereocenters. The van der Waals surface area contributed by atoms with Crippen molar-refractivity contribution in [2.45, 2.75) is 6.92 Å². The average molecular weight is 340 g/mol. The Balaban J connectivity index is 1.91. The fraction of sp³-hybridized carbons (Fsp3) is 0.111. The van der Waals surface area contributed by atoms with E-state index in [-0.39, 0.29) is 5.91 Å². The van der Waals surface area contributed by atoms with E-state index in [0.29, 0.717) is 11.7 Å². The highest BCUT2D eigenvalue weighted by Crippen LogP contribution is 2.29. The number of carbonyl (C=O) groups excluding carboxylic acids is 1. The zero-order chi connectivity index (χ0) is 16.2. The lowest BCUT2D eigenvalue weighted by Crippen LogP contribution is -2.30. The van der Waals surface area contributed by atoms with Gasteiger partial charge < -0.3 is 0 Å². The highest BCUT2D eigenvalue weighted by atomic mass is 32.1. The third-order valence-corrected chi connectivity index (χ3v) is 5.15. The third-order valence-electron chi connectivity index (χ3n) is 3.30. The largest absolute Gasteiger partial charge is 0.279 e. The Kier molecular flexibility index (Phi) is 4.69. The molecule has 1 amide bonds. The molecule has 2 heterocycles. The van der Waals surface area contributed by atoms with Crippen molar-refractivity contribution in [1.29, 1.82) is 0 Å². The number of aryl methyl sites for hydroxylation is 1. The van der Waals surface area contributed by atoms with Gasteiger partial charge in [0, 0.05) is 22.4 Å². The first-order valence-electron chi connectivity index (χ1n) is 7.19. The molecule has 1 aromatic carbocycles. The Morgan fingerprint density at radius 1 is 1.26 bits per heavy atom. The Morgan fingerprint density at radius 2 is 2.04 bits per heavy atom. The van der Waals surface area contributed by atoms with Crippen molar-refractivity contribution in [3.63, 3.8) is 0 Å². The first-order valence-corrected chi connectivity index (χ1v) is 8.89. The molecule has 0 saturated carbocycles. The van der Waals surface area contributed by atoms with Gasteiger partial charge in [-0.15, -0.1) is 29.3 Å². The van der Waals surface area contributed by atoms with Crippen LogP contribution >= 0.6 is 22.7 Å². The number of hydrogen-bond acceptors (Lipinski definition) is 4. The van der Waals surface area contributed by atoms with Crippen LogP contribution in [0.4, 0.5) is 5.13 Å². The molecule has 0 fully saturated rings. The second-order valence-electron chi connectivity index (χ2n) is 5.00. The lowest BCUT2D eigenvalue weighted by atomic mass is 10.2. The number of aromatic nitrogens is 1. The van der Waals surface area contributed by atoms with E-state index in [1.165, 1.54) is 22.7 Å². The van der Waals surface area contributed by atoms with Crippen LogP contribution in [0, 0.1) is 6.92 Å². The molecule has 3 nitrogen and oxygen atoms in total. The van der Waals surface area contributed by atoms with Gasteiger partial charge in [-0.1, -0.05) is 36.4 Å². The molecule has 5 heteroatoms. The third kappa shape index (κ3) is 3.41. The van der Waals surface area contributed by atoms with Gasteiger partial charge in [0.25, 0.3) is 5.91 Å². The molecule has 116 valence electrons. The summed E-state index contributed by atoms with van der Waals surface area (Å²) in [6, 6.07) is 13.8. The lowest BCUT2D eigenvalue weighted by molar-refractivity contribution is 0.0993. The van der Waals surface area contributed by atoms with Crippen molar-refractivity contribution in [3.05, 3.63) is 70.3 Å². The van der Waals surface area contributed by atoms with Crippen LogP contribution in [0.25, 0.3) is 11.3 Å². The number of hydrogen-bond donors (Lipinski definition) is 0. The van der Waals surface area contributed by atoms with Crippen molar-refractivity contribution in [2.24, 2.45) is 0 Å². The van der Waals surface area contributed by atoms with Crippen molar-refractivity contribution >= 4 is 33.7 Å². The van der Waals surface area contributed by atoms with E-state index in [2.05, 4.69) is 11.6 Å². The van der Waals surface area contributed by atoms with Crippen LogP contribution in [0.5, 0.6) is 0 Å². The van der Waals surface area contributed by atoms with Gasteiger partial charge in [-0.25, -0.2) is 4.98 Å². The molecule has 0 aliphatic heterocycles. The van der Waals surface area contributed by atoms with Crippen LogP contribution in [0.15, 0.2) is 60.5 Å². The minimum absolute atomic E-state index is 0.0306. The second kappa shape index (κ2) is 6.89. The number of anilines is 1. The molecule has 0 saturated heterocycles. The van der Waals surface area contributed by atoms with Crippen LogP contribution in [0.2, 0.25) is 0 Å². The normalized spacial score (nSPS) is 10.5. The number of carbonyl (C=O) groups is 1. The first-order chi connectivity index (χ1) is 11.2. The summed E-state index contributed by atoms with van der Waals surface area (Å²) in [6.07, 6.45) is 1.72. The average Bonchev–Trinajstić information content (AvgIpc) is 3.22. The molecular weight excluding hydrogens is 324 g/mol. The second-order valence-corrected chi connectivity index (χ2v) is 7.12. The predicted molar refractivity (Wildman–Crippen MR) is 98.5 cm³/mol. The molecule has 0 aliphatic carbocycles. The number of amides is 1. The van der Waals surface area contributed by atoms with E-state index in [9.17, 15) is 4.79 Å². The monoisotopic (exact) mass is 340 g/mol. The summed E-state index contributed by atoms with van der Waals surface area (Å²) in [7, 11) is 0. The van der Waals surface area contributed by atoms with E-state index in [0.717, 1.165) is 21.0 Å². The first kappa shape index (κ1) is 15.6. The quantitative estimate of drug-likeness (QED) is 0.612. The van der Waals surface area contributed by atoms with Crippen LogP contribution in [0.1, 0.15) is 14.5 Å². The number of thiophene rings is 1. The number of nitrogens with zero attached hydrogens (tertiary/aromatic N) is 2. The van der Waals surface area contributed by atoms with Crippen LogP contribution in [-0.4, -0.2) is 17.4 Å². The van der Waals surface area contributed by atoms with E-state index >= 15 is 0 Å². The van der Waals surface area contributed by atoms with Crippen molar-refractivity contribution in [2.75, 3.05) is 11.4 Å². The van der Waals surface area contributed by atoms with Crippen LogP contribution in [0.3, 0.4) is 0 Å². The number of thiazole rings is 1. The summed E-state index contributed by atoms with van der Waals surface area (Å²) in [6.45, 7) is 6.20. The van der Waals surface area contributed by atoms with Gasteiger partial charge >= 0.3 is 0 Å². The number of benzene rings is 1. The lowest BCUT2D eigenvalue weighted by Gasteiger charge is -2.16. The van der Waals surface area contributed by atoms with Gasteiger partial charge in [0.2, 0.25) is 0 Å². The molecule has 0 spiro atoms. The summed E-state index contributed by atoms with van der Waals surface area (Å²) in [4.78, 5) is 20.9. The molecule has 2 aromatic heterocycles. The van der Waals surface area contributed by atoms with E-state index in [1.54, 1.807) is 11.0 Å². The molecule has 0 bridgehead atoms. The molecule has 3 aromatic rings. The van der Waals surface area contributed by atoms with Crippen molar-refractivity contribution < 1.29 is 4.79 Å². The molecule has 0 N–H and O–H groups in total. The Bertz CT molecular complexity index is 820. The fourth-order valence-electron chi connectivity index (χ4n) is 2.19. The molecule has 0 unspecified atom stereocenters. The summed E-state index contributed by atoms with van der Waals surface area (Å²) in [5, 5.41) is 2.67. The van der Waals surface area contributed by atoms with Gasteiger partial charge in [0.05, 0.1) is 10.6 Å². The van der Waals surface area contributed by atoms with E-state index in [1.807, 2.05) is 54.8 Å². The summed E-state index contributed by atoms with van der Waals surface area (Å²) < 4.78 is 0. The van der Waals surface area contributed by atoms with Gasteiger partial charge in [-0.2, -0.15) is 0 Å². The summed E-state index contributed by atoms with van der Waals surface area (Å²) >= 11 is 2.97. The number of rotatable bonds is 5. The van der Waals surface area contributed by atoms with Crippen molar-refractivity contribution in [1.82, 2.24) is 4.98 Å². The summed E-state index contributed by atoms with van der Waals surface area (Å²) in [5.41, 5.74) is 1.93. The van der Waals surface area contributed by atoms with Crippen LogP contribution in [-0.2, 0) is 0 Å². The van der Waals surface area contributed by atoms with Gasteiger partial charge in [0.1, 0.15) is 0 Å². The smallest absolute Gasteiger partial charge is 0.270 e. The van der Waals surface area contributed by atoms with E-state index in [4.69, 9.17) is 0 Å². The molecule has 3 rings (SSSR count). The molecule has 23 heavy (non-hydrogen) atoms. The predicted octanol–water partition coefficient (Wildman–Crippen LogP) is 5.01. The maximum absolute atomic E-state index is 12.7. The van der Waals surface area contributed by atoms with E-state index < -0.39 is 0 Å². The Labute approximate surface area is 143 Å². The Morgan fingerprint density at radius 3 is 2.70 bits per heavy atom. The zero-order valence-electron chi connectivity index (χ0n) is 12.7.